The maximum atomic E-state index is 6.66. The molecular weight excluding hydrogens is 464 g/mol. The first kappa shape index (κ1) is 24.3. The second-order valence-electron chi connectivity index (χ2n) is 9.77. The van der Waals surface area contributed by atoms with Gasteiger partial charge >= 0.3 is 0 Å². The van der Waals surface area contributed by atoms with E-state index in [0.29, 0.717) is 19.8 Å². The summed E-state index contributed by atoms with van der Waals surface area (Å²) in [4.78, 5) is 0. The summed E-state index contributed by atoms with van der Waals surface area (Å²) in [5.74, 6) is 0. The van der Waals surface area contributed by atoms with Crippen LogP contribution in [-0.2, 0) is 36.9 Å². The molecule has 2 saturated heterocycles. The highest BCUT2D eigenvalue weighted by atomic mass is 16.7. The van der Waals surface area contributed by atoms with Crippen molar-refractivity contribution >= 4 is 10.8 Å². The molecule has 0 aliphatic carbocycles. The third-order valence-corrected chi connectivity index (χ3v) is 7.17. The van der Waals surface area contributed by atoms with E-state index in [0.717, 1.165) is 16.7 Å². The van der Waals surface area contributed by atoms with E-state index in [-0.39, 0.29) is 30.5 Å². The Balaban J connectivity index is 1.25. The Morgan fingerprint density at radius 3 is 2.16 bits per heavy atom. The van der Waals surface area contributed by atoms with Crippen LogP contribution < -0.4 is 0 Å². The predicted octanol–water partition coefficient (Wildman–Crippen LogP) is 6.21. The van der Waals surface area contributed by atoms with Gasteiger partial charge in [-0.1, -0.05) is 97.1 Å². The molecule has 0 aromatic heterocycles. The summed E-state index contributed by atoms with van der Waals surface area (Å²) < 4.78 is 32.1. The van der Waals surface area contributed by atoms with Gasteiger partial charge in [0, 0.05) is 5.56 Å². The van der Waals surface area contributed by atoms with Crippen LogP contribution in [0.4, 0.5) is 0 Å². The van der Waals surface area contributed by atoms with Crippen LogP contribution >= 0.6 is 0 Å². The molecule has 2 fully saturated rings. The van der Waals surface area contributed by atoms with Crippen LogP contribution in [-0.4, -0.2) is 37.1 Å². The molecule has 190 valence electrons. The predicted molar refractivity (Wildman–Crippen MR) is 142 cm³/mol. The lowest BCUT2D eigenvalue weighted by atomic mass is 9.94. The van der Waals surface area contributed by atoms with Gasteiger partial charge in [-0.2, -0.15) is 0 Å². The Bertz CT molecular complexity index is 1290. The molecule has 5 heteroatoms. The SMILES string of the molecule is C[C@@H]1OC2COC(c3ccccc3)O[C@H]2C(OCc2ccc3ccccc3c2)[C@H]1OCc1ccccc1. The van der Waals surface area contributed by atoms with Gasteiger partial charge in [0.1, 0.15) is 24.4 Å². The van der Waals surface area contributed by atoms with E-state index in [4.69, 9.17) is 23.7 Å². The Morgan fingerprint density at radius 2 is 1.35 bits per heavy atom. The van der Waals surface area contributed by atoms with Crippen LogP contribution in [0.15, 0.2) is 103 Å². The van der Waals surface area contributed by atoms with E-state index < -0.39 is 6.29 Å². The minimum absolute atomic E-state index is 0.174. The van der Waals surface area contributed by atoms with Crippen LogP contribution in [0.1, 0.15) is 29.9 Å². The summed E-state index contributed by atoms with van der Waals surface area (Å²) in [5, 5.41) is 2.42. The monoisotopic (exact) mass is 496 g/mol. The lowest BCUT2D eigenvalue weighted by molar-refractivity contribution is -0.337. The van der Waals surface area contributed by atoms with Gasteiger partial charge in [-0.05, 0) is 34.9 Å². The van der Waals surface area contributed by atoms with E-state index in [1.165, 1.54) is 10.8 Å². The van der Waals surface area contributed by atoms with E-state index in [2.05, 4.69) is 54.6 Å². The fraction of sp³-hybridized carbons (Fsp3) is 0.312. The van der Waals surface area contributed by atoms with Crippen LogP contribution in [0, 0.1) is 0 Å². The lowest BCUT2D eigenvalue weighted by Crippen LogP contribution is -2.62. The fourth-order valence-electron chi connectivity index (χ4n) is 5.25. The largest absolute Gasteiger partial charge is 0.368 e. The van der Waals surface area contributed by atoms with Crippen molar-refractivity contribution < 1.29 is 23.7 Å². The van der Waals surface area contributed by atoms with Gasteiger partial charge in [0.15, 0.2) is 6.29 Å². The van der Waals surface area contributed by atoms with Crippen molar-refractivity contribution in [3.63, 3.8) is 0 Å². The molecule has 4 aromatic carbocycles. The molecule has 2 aliphatic rings. The van der Waals surface area contributed by atoms with Gasteiger partial charge in [0.2, 0.25) is 0 Å². The maximum absolute atomic E-state index is 6.66. The van der Waals surface area contributed by atoms with Gasteiger partial charge in [-0.15, -0.1) is 0 Å². The fourth-order valence-corrected chi connectivity index (χ4v) is 5.25. The van der Waals surface area contributed by atoms with Crippen LogP contribution in [0.3, 0.4) is 0 Å². The molecule has 0 spiro atoms. The molecule has 0 amide bonds. The summed E-state index contributed by atoms with van der Waals surface area (Å²) in [7, 11) is 0. The molecular formula is C32H32O5. The summed E-state index contributed by atoms with van der Waals surface area (Å²) in [5.41, 5.74) is 3.21. The number of benzene rings is 4. The first-order valence-electron chi connectivity index (χ1n) is 13.0. The zero-order valence-electron chi connectivity index (χ0n) is 20.9. The van der Waals surface area contributed by atoms with Crippen molar-refractivity contribution in [1.29, 1.82) is 0 Å². The van der Waals surface area contributed by atoms with Gasteiger partial charge < -0.3 is 23.7 Å². The molecule has 5 nitrogen and oxygen atoms in total. The molecule has 0 radical (unpaired) electrons. The summed E-state index contributed by atoms with van der Waals surface area (Å²) in [6, 6.07) is 35.0. The van der Waals surface area contributed by atoms with Crippen LogP contribution in [0.25, 0.3) is 10.8 Å². The molecule has 37 heavy (non-hydrogen) atoms. The Morgan fingerprint density at radius 1 is 0.676 bits per heavy atom. The third kappa shape index (κ3) is 5.47. The molecule has 6 rings (SSSR count). The summed E-state index contributed by atoms with van der Waals surface area (Å²) in [6.45, 7) is 3.42. The van der Waals surface area contributed by atoms with Crippen LogP contribution in [0.2, 0.25) is 0 Å². The van der Waals surface area contributed by atoms with Gasteiger partial charge in [-0.25, -0.2) is 0 Å². The molecule has 0 bridgehead atoms. The number of hydrogen-bond acceptors (Lipinski definition) is 5. The third-order valence-electron chi connectivity index (χ3n) is 7.17. The smallest absolute Gasteiger partial charge is 0.184 e. The molecule has 0 saturated carbocycles. The molecule has 3 unspecified atom stereocenters. The number of fused-ring (bicyclic) bond motifs is 2. The zero-order chi connectivity index (χ0) is 25.0. The van der Waals surface area contributed by atoms with E-state index in [1.807, 2.05) is 55.5 Å². The van der Waals surface area contributed by atoms with E-state index in [9.17, 15) is 0 Å². The average molecular weight is 497 g/mol. The van der Waals surface area contributed by atoms with Crippen LogP contribution in [0.5, 0.6) is 0 Å². The van der Waals surface area contributed by atoms with E-state index in [1.54, 1.807) is 0 Å². The highest BCUT2D eigenvalue weighted by Gasteiger charge is 2.50. The second-order valence-corrected chi connectivity index (χ2v) is 9.77. The Labute approximate surface area is 217 Å². The molecule has 6 atom stereocenters. The highest BCUT2D eigenvalue weighted by Crippen LogP contribution is 2.37. The number of ether oxygens (including phenoxy) is 5. The van der Waals surface area contributed by atoms with E-state index >= 15 is 0 Å². The lowest BCUT2D eigenvalue weighted by Gasteiger charge is -2.48. The van der Waals surface area contributed by atoms with Gasteiger partial charge in [0.25, 0.3) is 0 Å². The standard InChI is InChI=1S/C32H32O5/c1-22-29(33-19-23-10-4-2-5-11-23)31(34-20-24-16-17-25-12-8-9-15-27(25)18-24)30-28(36-22)21-35-32(37-30)26-13-6-3-7-14-26/h2-18,22,28-32H,19-21H2,1H3/t22-,28?,29-,30+,31?,32?/m0/s1. The van der Waals surface area contributed by atoms with Crippen molar-refractivity contribution in [3.8, 4) is 0 Å². The Kier molecular flexibility index (Phi) is 7.31. The summed E-state index contributed by atoms with van der Waals surface area (Å²) in [6.07, 6.45) is -1.81. The highest BCUT2D eigenvalue weighted by molar-refractivity contribution is 5.82. The minimum Gasteiger partial charge on any atom is -0.368 e. The number of hydrogen-bond donors (Lipinski definition) is 0. The van der Waals surface area contributed by atoms with Gasteiger partial charge in [0.05, 0.1) is 25.9 Å². The van der Waals surface area contributed by atoms with Gasteiger partial charge in [-0.3, -0.25) is 0 Å². The second kappa shape index (κ2) is 11.1. The quantitative estimate of drug-likeness (QED) is 0.304. The molecule has 2 heterocycles. The van der Waals surface area contributed by atoms with Crippen molar-refractivity contribution in [2.24, 2.45) is 0 Å². The minimum atomic E-state index is -0.471. The molecule has 0 N–H and O–H groups in total. The normalized spacial score (nSPS) is 27.6. The maximum Gasteiger partial charge on any atom is 0.184 e. The number of rotatable bonds is 7. The Hall–Kier alpha value is -3.06. The topological polar surface area (TPSA) is 46.2 Å². The molecule has 4 aromatic rings. The first-order valence-corrected chi connectivity index (χ1v) is 13.0. The average Bonchev–Trinajstić information content (AvgIpc) is 2.96. The molecule has 2 aliphatic heterocycles. The van der Waals surface area contributed by atoms with Crippen molar-refractivity contribution in [2.45, 2.75) is 56.9 Å². The van der Waals surface area contributed by atoms with Crippen molar-refractivity contribution in [3.05, 3.63) is 120 Å². The van der Waals surface area contributed by atoms with Crippen molar-refractivity contribution in [2.75, 3.05) is 6.61 Å². The zero-order valence-corrected chi connectivity index (χ0v) is 20.9. The first-order chi connectivity index (χ1) is 18.2. The summed E-state index contributed by atoms with van der Waals surface area (Å²) >= 11 is 0. The van der Waals surface area contributed by atoms with Crippen molar-refractivity contribution in [1.82, 2.24) is 0 Å².